The molecule has 0 bridgehead atoms. The summed E-state index contributed by atoms with van der Waals surface area (Å²) in [6.07, 6.45) is 1.88. The molecule has 4 rings (SSSR count). The Bertz CT molecular complexity index is 880. The number of likely N-dealkylation sites (tertiary alicyclic amines) is 1. The number of nitrogens with zero attached hydrogens (tertiary/aromatic N) is 4. The standard InChI is InChI=1S/C21H30N4O4/c1-21(2,3)25(20(28)29)15-8-10-22(11-9-15)12-16-13-23-17(26)6-4-14-5-7-18(27)24(16)19(14)23/h4,6,15-16H,5,7-13H2,1-3H3,(H,28,29). The molecule has 1 N–H and O–H groups in total. The molecule has 0 spiro atoms. The first-order valence-electron chi connectivity index (χ1n) is 10.5. The molecule has 0 saturated carbocycles. The summed E-state index contributed by atoms with van der Waals surface area (Å²) < 4.78 is 1.75. The van der Waals surface area contributed by atoms with E-state index >= 15 is 0 Å². The number of piperidine rings is 1. The third-order valence-corrected chi connectivity index (χ3v) is 6.42. The molecule has 158 valence electrons. The number of anilines is 1. The van der Waals surface area contributed by atoms with Gasteiger partial charge in [0.05, 0.1) is 6.04 Å². The minimum atomic E-state index is -0.868. The van der Waals surface area contributed by atoms with Gasteiger partial charge in [-0.1, -0.05) is 0 Å². The van der Waals surface area contributed by atoms with E-state index in [-0.39, 0.29) is 23.6 Å². The van der Waals surface area contributed by atoms with E-state index in [0.717, 1.165) is 37.3 Å². The SMILES string of the molecule is CC(C)(C)N(C(=O)O)C1CCN(CC2Cn3c4c(ccc3=O)CCC(=O)N42)CC1. The van der Waals surface area contributed by atoms with E-state index in [1.807, 2.05) is 31.7 Å². The van der Waals surface area contributed by atoms with Gasteiger partial charge in [-0.25, -0.2) is 4.79 Å². The maximum atomic E-state index is 12.6. The Hall–Kier alpha value is -2.35. The van der Waals surface area contributed by atoms with Crippen molar-refractivity contribution in [3.63, 3.8) is 0 Å². The van der Waals surface area contributed by atoms with E-state index in [9.17, 15) is 19.5 Å². The molecule has 0 aliphatic carbocycles. The summed E-state index contributed by atoms with van der Waals surface area (Å²) >= 11 is 0. The van der Waals surface area contributed by atoms with Crippen molar-refractivity contribution in [3.05, 3.63) is 28.0 Å². The molecule has 1 aromatic rings. The average molecular weight is 402 g/mol. The second kappa shape index (κ2) is 7.16. The van der Waals surface area contributed by atoms with Crippen LogP contribution >= 0.6 is 0 Å². The first-order chi connectivity index (χ1) is 13.7. The van der Waals surface area contributed by atoms with Crippen LogP contribution in [0.3, 0.4) is 0 Å². The van der Waals surface area contributed by atoms with Crippen LogP contribution in [0.2, 0.25) is 0 Å². The number of aromatic nitrogens is 1. The van der Waals surface area contributed by atoms with Crippen molar-refractivity contribution in [2.24, 2.45) is 0 Å². The predicted octanol–water partition coefficient (Wildman–Crippen LogP) is 1.75. The number of carbonyl (C=O) groups is 2. The van der Waals surface area contributed by atoms with Gasteiger partial charge in [-0.15, -0.1) is 0 Å². The second-order valence-electron chi connectivity index (χ2n) is 9.40. The highest BCUT2D eigenvalue weighted by Gasteiger charge is 2.41. The number of aryl methyl sites for hydroxylation is 1. The van der Waals surface area contributed by atoms with Gasteiger partial charge in [-0.2, -0.15) is 0 Å². The molecule has 1 aromatic heterocycles. The molecule has 8 nitrogen and oxygen atoms in total. The van der Waals surface area contributed by atoms with Gasteiger partial charge in [0, 0.05) is 50.2 Å². The van der Waals surface area contributed by atoms with Crippen LogP contribution < -0.4 is 10.5 Å². The van der Waals surface area contributed by atoms with Crippen molar-refractivity contribution in [1.29, 1.82) is 0 Å². The van der Waals surface area contributed by atoms with Crippen LogP contribution in [0.25, 0.3) is 0 Å². The zero-order valence-corrected chi connectivity index (χ0v) is 17.4. The molecule has 3 aliphatic rings. The lowest BCUT2D eigenvalue weighted by molar-refractivity contribution is -0.119. The van der Waals surface area contributed by atoms with Gasteiger partial charge >= 0.3 is 6.09 Å². The molecule has 1 unspecified atom stereocenters. The van der Waals surface area contributed by atoms with Crippen molar-refractivity contribution in [3.8, 4) is 0 Å². The number of carboxylic acid groups (broad SMARTS) is 1. The smallest absolute Gasteiger partial charge is 0.407 e. The summed E-state index contributed by atoms with van der Waals surface area (Å²) in [5.74, 6) is 0.887. The predicted molar refractivity (Wildman–Crippen MR) is 109 cm³/mol. The van der Waals surface area contributed by atoms with Crippen molar-refractivity contribution >= 4 is 17.8 Å². The Balaban J connectivity index is 1.45. The third kappa shape index (κ3) is 3.54. The third-order valence-electron chi connectivity index (χ3n) is 6.42. The fraction of sp³-hybridized carbons (Fsp3) is 0.667. The normalized spacial score (nSPS) is 22.7. The molecule has 3 aliphatic heterocycles. The van der Waals surface area contributed by atoms with Gasteiger partial charge in [-0.05, 0) is 51.7 Å². The summed E-state index contributed by atoms with van der Waals surface area (Å²) in [5.41, 5.74) is 0.600. The fourth-order valence-corrected chi connectivity index (χ4v) is 5.21. The lowest BCUT2D eigenvalue weighted by Crippen LogP contribution is -2.56. The highest BCUT2D eigenvalue weighted by molar-refractivity contribution is 5.96. The largest absolute Gasteiger partial charge is 0.465 e. The van der Waals surface area contributed by atoms with Gasteiger partial charge in [0.1, 0.15) is 5.82 Å². The summed E-state index contributed by atoms with van der Waals surface area (Å²) in [4.78, 5) is 42.4. The topological polar surface area (TPSA) is 86.1 Å². The van der Waals surface area contributed by atoms with Gasteiger partial charge in [0.15, 0.2) is 0 Å². The van der Waals surface area contributed by atoms with E-state index in [4.69, 9.17) is 0 Å². The minimum Gasteiger partial charge on any atom is -0.465 e. The molecule has 0 aromatic carbocycles. The molecule has 8 heteroatoms. The van der Waals surface area contributed by atoms with E-state index < -0.39 is 11.6 Å². The van der Waals surface area contributed by atoms with Gasteiger partial charge < -0.3 is 14.9 Å². The van der Waals surface area contributed by atoms with Crippen LogP contribution in [0.15, 0.2) is 16.9 Å². The van der Waals surface area contributed by atoms with Crippen LogP contribution in [-0.4, -0.2) is 68.7 Å². The highest BCUT2D eigenvalue weighted by Crippen LogP contribution is 2.34. The van der Waals surface area contributed by atoms with E-state index in [1.165, 1.54) is 0 Å². The summed E-state index contributed by atoms with van der Waals surface area (Å²) in [7, 11) is 0. The quantitative estimate of drug-likeness (QED) is 0.833. The Kier molecular flexibility index (Phi) is 4.93. The summed E-state index contributed by atoms with van der Waals surface area (Å²) in [6, 6.07) is 3.43. The van der Waals surface area contributed by atoms with E-state index in [1.54, 1.807) is 15.5 Å². The Morgan fingerprint density at radius 3 is 2.48 bits per heavy atom. The number of carbonyl (C=O) groups excluding carboxylic acids is 1. The Labute approximate surface area is 170 Å². The fourth-order valence-electron chi connectivity index (χ4n) is 5.21. The lowest BCUT2D eigenvalue weighted by Gasteiger charge is -2.44. The average Bonchev–Trinajstić information content (AvgIpc) is 3.02. The van der Waals surface area contributed by atoms with E-state index in [0.29, 0.717) is 25.9 Å². The molecular formula is C21H30N4O4. The molecule has 1 fully saturated rings. The molecule has 0 radical (unpaired) electrons. The first kappa shape index (κ1) is 19.9. The van der Waals surface area contributed by atoms with E-state index in [2.05, 4.69) is 4.90 Å². The van der Waals surface area contributed by atoms with Crippen LogP contribution in [-0.2, 0) is 17.8 Å². The van der Waals surface area contributed by atoms with Crippen LogP contribution in [0.4, 0.5) is 10.6 Å². The van der Waals surface area contributed by atoms with Crippen molar-refractivity contribution < 1.29 is 14.7 Å². The molecule has 1 saturated heterocycles. The molecule has 1 atom stereocenters. The molecular weight excluding hydrogens is 372 g/mol. The number of amides is 2. The van der Waals surface area contributed by atoms with Crippen molar-refractivity contribution in [1.82, 2.24) is 14.4 Å². The van der Waals surface area contributed by atoms with Crippen LogP contribution in [0, 0.1) is 0 Å². The monoisotopic (exact) mass is 402 g/mol. The molecule has 2 amide bonds. The Morgan fingerprint density at radius 2 is 1.86 bits per heavy atom. The molecule has 4 heterocycles. The minimum absolute atomic E-state index is 0.00960. The number of rotatable bonds is 3. The lowest BCUT2D eigenvalue weighted by atomic mass is 9.96. The Morgan fingerprint density at radius 1 is 1.17 bits per heavy atom. The van der Waals surface area contributed by atoms with Gasteiger partial charge in [-0.3, -0.25) is 19.1 Å². The maximum absolute atomic E-state index is 12.6. The number of hydrogen-bond acceptors (Lipinski definition) is 4. The van der Waals surface area contributed by atoms with Crippen molar-refractivity contribution in [2.45, 2.75) is 70.6 Å². The molecule has 29 heavy (non-hydrogen) atoms. The summed E-state index contributed by atoms with van der Waals surface area (Å²) in [5, 5.41) is 9.65. The maximum Gasteiger partial charge on any atom is 0.407 e. The second-order valence-corrected chi connectivity index (χ2v) is 9.40. The number of pyridine rings is 1. The zero-order chi connectivity index (χ0) is 20.9. The van der Waals surface area contributed by atoms with Crippen LogP contribution in [0.5, 0.6) is 0 Å². The zero-order valence-electron chi connectivity index (χ0n) is 17.4. The van der Waals surface area contributed by atoms with Crippen LogP contribution in [0.1, 0.15) is 45.6 Å². The van der Waals surface area contributed by atoms with Gasteiger partial charge in [0.25, 0.3) is 5.56 Å². The first-order valence-corrected chi connectivity index (χ1v) is 10.5. The van der Waals surface area contributed by atoms with Gasteiger partial charge in [0.2, 0.25) is 5.91 Å². The highest BCUT2D eigenvalue weighted by atomic mass is 16.4. The summed E-state index contributed by atoms with van der Waals surface area (Å²) in [6.45, 7) is 8.63. The van der Waals surface area contributed by atoms with Crippen molar-refractivity contribution in [2.75, 3.05) is 24.5 Å². The number of hydrogen-bond donors (Lipinski definition) is 1.